The number of hydrogen-bond donors (Lipinski definition) is 3. The highest BCUT2D eigenvalue weighted by Gasteiger charge is 1.98. The van der Waals surface area contributed by atoms with Crippen LogP contribution in [0.15, 0.2) is 24.3 Å². The third kappa shape index (κ3) is 2.16. The summed E-state index contributed by atoms with van der Waals surface area (Å²) in [6.07, 6.45) is -1.04. The van der Waals surface area contributed by atoms with Gasteiger partial charge in [0.25, 0.3) is 0 Å². The first-order chi connectivity index (χ1) is 5.70. The van der Waals surface area contributed by atoms with E-state index < -0.39 is 6.09 Å². The standard InChI is InChI=1S/C8H10N2O2/c9-7-4-2-1-3-6(7)5-10-8(11)12/h1-4,10H,5,9H2,(H,11,12). The fraction of sp³-hybridized carbons (Fsp3) is 0.125. The first-order valence-corrected chi connectivity index (χ1v) is 3.50. The number of anilines is 1. The van der Waals surface area contributed by atoms with E-state index in [2.05, 4.69) is 5.32 Å². The minimum absolute atomic E-state index is 0.252. The van der Waals surface area contributed by atoms with Crippen molar-refractivity contribution in [2.24, 2.45) is 0 Å². The Bertz CT molecular complexity index is 286. The monoisotopic (exact) mass is 166 g/mol. The molecule has 1 amide bonds. The van der Waals surface area contributed by atoms with Gasteiger partial charge in [-0.05, 0) is 11.6 Å². The van der Waals surface area contributed by atoms with E-state index in [-0.39, 0.29) is 6.54 Å². The van der Waals surface area contributed by atoms with Crippen molar-refractivity contribution in [1.29, 1.82) is 0 Å². The average Bonchev–Trinajstić information content (AvgIpc) is 2.03. The zero-order chi connectivity index (χ0) is 8.97. The maximum atomic E-state index is 10.1. The molecule has 1 aromatic rings. The highest BCUT2D eigenvalue weighted by Crippen LogP contribution is 2.09. The Morgan fingerprint density at radius 3 is 2.75 bits per heavy atom. The van der Waals surface area contributed by atoms with E-state index in [4.69, 9.17) is 10.8 Å². The molecule has 1 aromatic carbocycles. The molecule has 0 aliphatic heterocycles. The molecule has 0 fully saturated rings. The molecule has 0 saturated carbocycles. The Balaban J connectivity index is 2.63. The quantitative estimate of drug-likeness (QED) is 0.574. The second-order valence-corrected chi connectivity index (χ2v) is 2.36. The van der Waals surface area contributed by atoms with Crippen molar-refractivity contribution in [2.75, 3.05) is 5.73 Å². The number of para-hydroxylation sites is 1. The molecule has 0 heterocycles. The number of nitrogens with two attached hydrogens (primary N) is 1. The highest BCUT2D eigenvalue weighted by molar-refractivity contribution is 5.64. The fourth-order valence-corrected chi connectivity index (χ4v) is 0.866. The van der Waals surface area contributed by atoms with Crippen LogP contribution in [0.3, 0.4) is 0 Å². The van der Waals surface area contributed by atoms with Crippen LogP contribution in [-0.2, 0) is 6.54 Å². The summed E-state index contributed by atoms with van der Waals surface area (Å²) in [5.41, 5.74) is 6.97. The number of nitrogens with one attached hydrogen (secondary N) is 1. The van der Waals surface area contributed by atoms with Crippen molar-refractivity contribution in [1.82, 2.24) is 5.32 Å². The minimum atomic E-state index is -1.04. The van der Waals surface area contributed by atoms with Crippen molar-refractivity contribution < 1.29 is 9.90 Å². The van der Waals surface area contributed by atoms with Crippen molar-refractivity contribution in [3.8, 4) is 0 Å². The van der Waals surface area contributed by atoms with Gasteiger partial charge in [-0.3, -0.25) is 0 Å². The number of nitrogen functional groups attached to an aromatic ring is 1. The zero-order valence-corrected chi connectivity index (χ0v) is 6.45. The third-order valence-electron chi connectivity index (χ3n) is 1.49. The maximum absolute atomic E-state index is 10.1. The number of carboxylic acid groups (broad SMARTS) is 1. The van der Waals surface area contributed by atoms with Gasteiger partial charge in [-0.25, -0.2) is 4.79 Å². The van der Waals surface area contributed by atoms with Gasteiger partial charge in [0.05, 0.1) is 0 Å². The van der Waals surface area contributed by atoms with E-state index >= 15 is 0 Å². The van der Waals surface area contributed by atoms with Crippen LogP contribution in [0.2, 0.25) is 0 Å². The summed E-state index contributed by atoms with van der Waals surface area (Å²) in [4.78, 5) is 10.1. The summed E-state index contributed by atoms with van der Waals surface area (Å²) >= 11 is 0. The smallest absolute Gasteiger partial charge is 0.404 e. The first kappa shape index (κ1) is 8.39. The van der Waals surface area contributed by atoms with Gasteiger partial charge >= 0.3 is 6.09 Å². The lowest BCUT2D eigenvalue weighted by Gasteiger charge is -2.03. The van der Waals surface area contributed by atoms with Crippen LogP contribution in [0.25, 0.3) is 0 Å². The number of rotatable bonds is 2. The molecule has 4 heteroatoms. The zero-order valence-electron chi connectivity index (χ0n) is 6.45. The van der Waals surface area contributed by atoms with E-state index in [1.54, 1.807) is 18.2 Å². The van der Waals surface area contributed by atoms with Gasteiger partial charge in [0.15, 0.2) is 0 Å². The number of carbonyl (C=O) groups is 1. The molecule has 0 aromatic heterocycles. The first-order valence-electron chi connectivity index (χ1n) is 3.50. The Morgan fingerprint density at radius 2 is 2.17 bits per heavy atom. The van der Waals surface area contributed by atoms with Gasteiger partial charge in [0, 0.05) is 12.2 Å². The number of amides is 1. The van der Waals surface area contributed by atoms with Gasteiger partial charge in [0.1, 0.15) is 0 Å². The molecule has 0 atom stereocenters. The molecule has 0 aliphatic rings. The van der Waals surface area contributed by atoms with Gasteiger partial charge in [0.2, 0.25) is 0 Å². The normalized spacial score (nSPS) is 9.33. The molecule has 1 rings (SSSR count). The molecule has 0 radical (unpaired) electrons. The van der Waals surface area contributed by atoms with E-state index in [1.165, 1.54) is 0 Å². The topological polar surface area (TPSA) is 75.3 Å². The lowest BCUT2D eigenvalue weighted by Crippen LogP contribution is -2.20. The molecule has 12 heavy (non-hydrogen) atoms. The molecule has 0 aliphatic carbocycles. The summed E-state index contributed by atoms with van der Waals surface area (Å²) < 4.78 is 0. The van der Waals surface area contributed by atoms with Crippen molar-refractivity contribution >= 4 is 11.8 Å². The Kier molecular flexibility index (Phi) is 2.53. The molecule has 0 spiro atoms. The SMILES string of the molecule is Nc1ccccc1CNC(=O)O. The molecule has 4 nitrogen and oxygen atoms in total. The van der Waals surface area contributed by atoms with E-state index in [0.29, 0.717) is 5.69 Å². The van der Waals surface area contributed by atoms with Crippen LogP contribution in [-0.4, -0.2) is 11.2 Å². The van der Waals surface area contributed by atoms with Gasteiger partial charge in [-0.1, -0.05) is 18.2 Å². The fourth-order valence-electron chi connectivity index (χ4n) is 0.866. The summed E-state index contributed by atoms with van der Waals surface area (Å²) in [5, 5.41) is 10.6. The molecule has 0 saturated heterocycles. The summed E-state index contributed by atoms with van der Waals surface area (Å²) in [6.45, 7) is 0.252. The second-order valence-electron chi connectivity index (χ2n) is 2.36. The second kappa shape index (κ2) is 3.61. The van der Waals surface area contributed by atoms with Crippen LogP contribution in [0.5, 0.6) is 0 Å². The van der Waals surface area contributed by atoms with E-state index in [1.807, 2.05) is 6.07 Å². The van der Waals surface area contributed by atoms with E-state index in [0.717, 1.165) is 5.56 Å². The van der Waals surface area contributed by atoms with Crippen LogP contribution in [0.4, 0.5) is 10.5 Å². The molecule has 64 valence electrons. The Morgan fingerprint density at radius 1 is 1.50 bits per heavy atom. The van der Waals surface area contributed by atoms with Gasteiger partial charge in [-0.15, -0.1) is 0 Å². The van der Waals surface area contributed by atoms with Crippen molar-refractivity contribution in [3.05, 3.63) is 29.8 Å². The lowest BCUT2D eigenvalue weighted by molar-refractivity contribution is 0.194. The average molecular weight is 166 g/mol. The van der Waals surface area contributed by atoms with E-state index in [9.17, 15) is 4.79 Å². The molecular formula is C8H10N2O2. The van der Waals surface area contributed by atoms with Crippen LogP contribution in [0, 0.1) is 0 Å². The molecule has 0 bridgehead atoms. The van der Waals surface area contributed by atoms with Crippen LogP contribution in [0.1, 0.15) is 5.56 Å². The largest absolute Gasteiger partial charge is 0.465 e. The summed E-state index contributed by atoms with van der Waals surface area (Å²) in [5.74, 6) is 0. The number of benzene rings is 1. The highest BCUT2D eigenvalue weighted by atomic mass is 16.4. The predicted octanol–water partition coefficient (Wildman–Crippen LogP) is 1.04. The Labute approximate surface area is 70.0 Å². The lowest BCUT2D eigenvalue weighted by atomic mass is 10.2. The predicted molar refractivity (Wildman–Crippen MR) is 45.7 cm³/mol. The maximum Gasteiger partial charge on any atom is 0.404 e. The minimum Gasteiger partial charge on any atom is -0.465 e. The third-order valence-corrected chi connectivity index (χ3v) is 1.49. The van der Waals surface area contributed by atoms with Crippen molar-refractivity contribution in [2.45, 2.75) is 6.54 Å². The van der Waals surface area contributed by atoms with Crippen LogP contribution < -0.4 is 11.1 Å². The summed E-state index contributed by atoms with van der Waals surface area (Å²) in [7, 11) is 0. The molecule has 4 N–H and O–H groups in total. The number of hydrogen-bond acceptors (Lipinski definition) is 2. The molecular weight excluding hydrogens is 156 g/mol. The summed E-state index contributed by atoms with van der Waals surface area (Å²) in [6, 6.07) is 7.14. The van der Waals surface area contributed by atoms with Gasteiger partial charge < -0.3 is 16.2 Å². The Hall–Kier alpha value is -1.71. The van der Waals surface area contributed by atoms with Crippen molar-refractivity contribution in [3.63, 3.8) is 0 Å². The van der Waals surface area contributed by atoms with Gasteiger partial charge in [-0.2, -0.15) is 0 Å². The molecule has 0 unspecified atom stereocenters. The van der Waals surface area contributed by atoms with Crippen LogP contribution >= 0.6 is 0 Å².